The highest BCUT2D eigenvalue weighted by molar-refractivity contribution is 5.76. The first-order chi connectivity index (χ1) is 16.2. The van der Waals surface area contributed by atoms with Crippen molar-refractivity contribution in [3.05, 3.63) is 12.2 Å². The van der Waals surface area contributed by atoms with Gasteiger partial charge in [0.1, 0.15) is 0 Å². The molecule has 0 aliphatic carbocycles. The summed E-state index contributed by atoms with van der Waals surface area (Å²) in [5.41, 5.74) is 0. The lowest BCUT2D eigenvalue weighted by atomic mass is 10.1. The number of unbranched alkanes of at least 4 members (excludes halogenated alkanes) is 18. The zero-order valence-electron chi connectivity index (χ0n) is 22.2. The Kier molecular flexibility index (Phi) is 25.1. The molecule has 4 heteroatoms. The highest BCUT2D eigenvalue weighted by Crippen LogP contribution is 2.12. The van der Waals surface area contributed by atoms with Crippen molar-refractivity contribution in [3.63, 3.8) is 0 Å². The summed E-state index contributed by atoms with van der Waals surface area (Å²) in [5, 5.41) is 22.6. The maximum atomic E-state index is 12.1. The largest absolute Gasteiger partial charge is 0.394 e. The Labute approximate surface area is 206 Å². The molecule has 1 amide bonds. The fourth-order valence-corrected chi connectivity index (χ4v) is 4.23. The molecule has 0 spiro atoms. The van der Waals surface area contributed by atoms with Crippen molar-refractivity contribution in [1.29, 1.82) is 0 Å². The van der Waals surface area contributed by atoms with E-state index in [0.29, 0.717) is 6.42 Å². The number of hydrogen-bond acceptors (Lipinski definition) is 3. The Morgan fingerprint density at radius 2 is 1.12 bits per heavy atom. The molecular weight excluding hydrogens is 410 g/mol. The van der Waals surface area contributed by atoms with E-state index < -0.39 is 12.1 Å². The van der Waals surface area contributed by atoms with Crippen LogP contribution in [0.2, 0.25) is 0 Å². The Bertz CT molecular complexity index is 439. The number of aliphatic hydroxyl groups excluding tert-OH is 2. The standard InChI is InChI=1S/C29H57NO3/c1-3-5-7-9-11-13-14-15-17-18-20-22-24-28(32)27(26-31)30-29(33)25-23-21-19-16-12-10-8-6-4-2/h22,24,27-28,31-32H,3-21,23,25-26H2,1-2H3,(H,30,33)/b24-22+. The molecule has 4 nitrogen and oxygen atoms in total. The fraction of sp³-hybridized carbons (Fsp3) is 0.897. The monoisotopic (exact) mass is 467 g/mol. The summed E-state index contributed by atoms with van der Waals surface area (Å²) >= 11 is 0. The van der Waals surface area contributed by atoms with E-state index >= 15 is 0 Å². The molecule has 0 bridgehead atoms. The minimum absolute atomic E-state index is 0.0702. The molecule has 0 heterocycles. The number of allylic oxidation sites excluding steroid dienone is 1. The molecule has 0 aromatic carbocycles. The smallest absolute Gasteiger partial charge is 0.220 e. The molecule has 2 unspecified atom stereocenters. The average Bonchev–Trinajstić information content (AvgIpc) is 2.82. The van der Waals surface area contributed by atoms with E-state index in [1.807, 2.05) is 6.08 Å². The van der Waals surface area contributed by atoms with Crippen molar-refractivity contribution in [2.24, 2.45) is 0 Å². The summed E-state index contributed by atoms with van der Waals surface area (Å²) in [4.78, 5) is 12.1. The van der Waals surface area contributed by atoms with E-state index in [9.17, 15) is 15.0 Å². The average molecular weight is 468 g/mol. The normalized spacial score (nSPS) is 13.5. The van der Waals surface area contributed by atoms with Gasteiger partial charge in [0, 0.05) is 6.42 Å². The molecule has 0 aromatic rings. The molecule has 0 saturated heterocycles. The van der Waals surface area contributed by atoms with Crippen LogP contribution in [0.15, 0.2) is 12.2 Å². The van der Waals surface area contributed by atoms with Crippen molar-refractivity contribution in [1.82, 2.24) is 5.32 Å². The minimum Gasteiger partial charge on any atom is -0.394 e. The molecule has 196 valence electrons. The summed E-state index contributed by atoms with van der Waals surface area (Å²) in [7, 11) is 0. The van der Waals surface area contributed by atoms with Crippen LogP contribution in [-0.4, -0.2) is 34.9 Å². The minimum atomic E-state index is -0.829. The van der Waals surface area contributed by atoms with Crippen LogP contribution in [0, 0.1) is 0 Å². The molecule has 0 radical (unpaired) electrons. The third kappa shape index (κ3) is 22.7. The van der Waals surface area contributed by atoms with E-state index in [0.717, 1.165) is 25.7 Å². The highest BCUT2D eigenvalue weighted by atomic mass is 16.3. The Hall–Kier alpha value is -0.870. The van der Waals surface area contributed by atoms with Gasteiger partial charge in [0.15, 0.2) is 0 Å². The third-order valence-corrected chi connectivity index (χ3v) is 6.52. The van der Waals surface area contributed by atoms with Gasteiger partial charge in [-0.2, -0.15) is 0 Å². The molecular formula is C29H57NO3. The highest BCUT2D eigenvalue weighted by Gasteiger charge is 2.17. The van der Waals surface area contributed by atoms with Crippen molar-refractivity contribution < 1.29 is 15.0 Å². The fourth-order valence-electron chi connectivity index (χ4n) is 4.23. The van der Waals surface area contributed by atoms with Gasteiger partial charge in [-0.15, -0.1) is 0 Å². The molecule has 33 heavy (non-hydrogen) atoms. The quantitative estimate of drug-likeness (QED) is 0.0955. The number of aliphatic hydroxyl groups is 2. The van der Waals surface area contributed by atoms with Crippen molar-refractivity contribution in [2.75, 3.05) is 6.61 Å². The first-order valence-electron chi connectivity index (χ1n) is 14.4. The van der Waals surface area contributed by atoms with Gasteiger partial charge in [0.05, 0.1) is 18.8 Å². The SMILES string of the molecule is CCCCCCCCCCCC/C=C/C(O)C(CO)NC(=O)CCCCCCCCCCC. The number of carbonyl (C=O) groups is 1. The van der Waals surface area contributed by atoms with Crippen LogP contribution in [0.3, 0.4) is 0 Å². The summed E-state index contributed by atoms with van der Waals surface area (Å²) in [6.07, 6.45) is 28.5. The molecule has 0 rings (SSSR count). The molecule has 0 fully saturated rings. The summed E-state index contributed by atoms with van der Waals surface area (Å²) in [6.45, 7) is 4.25. The van der Waals surface area contributed by atoms with Crippen LogP contribution in [0.1, 0.15) is 149 Å². The molecule has 2 atom stereocenters. The van der Waals surface area contributed by atoms with Crippen LogP contribution in [-0.2, 0) is 4.79 Å². The van der Waals surface area contributed by atoms with E-state index in [1.54, 1.807) is 6.08 Å². The van der Waals surface area contributed by atoms with Gasteiger partial charge in [-0.1, -0.05) is 135 Å². The molecule has 3 N–H and O–H groups in total. The second kappa shape index (κ2) is 25.7. The number of hydrogen-bond donors (Lipinski definition) is 3. The van der Waals surface area contributed by atoms with Crippen molar-refractivity contribution in [2.45, 2.75) is 161 Å². The van der Waals surface area contributed by atoms with Gasteiger partial charge in [0.2, 0.25) is 5.91 Å². The van der Waals surface area contributed by atoms with Crippen LogP contribution in [0.4, 0.5) is 0 Å². The lowest BCUT2D eigenvalue weighted by molar-refractivity contribution is -0.123. The summed E-state index contributed by atoms with van der Waals surface area (Å²) in [5.74, 6) is -0.0702. The lowest BCUT2D eigenvalue weighted by Crippen LogP contribution is -2.45. The predicted molar refractivity (Wildman–Crippen MR) is 142 cm³/mol. The number of rotatable bonds is 25. The lowest BCUT2D eigenvalue weighted by Gasteiger charge is -2.20. The van der Waals surface area contributed by atoms with Gasteiger partial charge in [0.25, 0.3) is 0 Å². The maximum absolute atomic E-state index is 12.1. The summed E-state index contributed by atoms with van der Waals surface area (Å²) < 4.78 is 0. The molecule has 0 aromatic heterocycles. The van der Waals surface area contributed by atoms with Gasteiger partial charge in [-0.05, 0) is 19.3 Å². The van der Waals surface area contributed by atoms with Gasteiger partial charge in [-0.25, -0.2) is 0 Å². The van der Waals surface area contributed by atoms with E-state index in [4.69, 9.17) is 0 Å². The Morgan fingerprint density at radius 3 is 1.58 bits per heavy atom. The first-order valence-corrected chi connectivity index (χ1v) is 14.4. The van der Waals surface area contributed by atoms with Crippen molar-refractivity contribution >= 4 is 5.91 Å². The van der Waals surface area contributed by atoms with Gasteiger partial charge >= 0.3 is 0 Å². The van der Waals surface area contributed by atoms with E-state index in [1.165, 1.54) is 103 Å². The Balaban J connectivity index is 3.70. The predicted octanol–water partition coefficient (Wildman–Crippen LogP) is 7.61. The zero-order valence-corrected chi connectivity index (χ0v) is 22.2. The second-order valence-corrected chi connectivity index (χ2v) is 9.82. The molecule has 0 aliphatic rings. The van der Waals surface area contributed by atoms with E-state index in [2.05, 4.69) is 19.2 Å². The number of amides is 1. The van der Waals surface area contributed by atoms with Crippen LogP contribution in [0.5, 0.6) is 0 Å². The van der Waals surface area contributed by atoms with Crippen LogP contribution >= 0.6 is 0 Å². The number of carbonyl (C=O) groups excluding carboxylic acids is 1. The molecule has 0 saturated carbocycles. The van der Waals surface area contributed by atoms with Gasteiger partial charge in [-0.3, -0.25) is 4.79 Å². The van der Waals surface area contributed by atoms with Crippen LogP contribution in [0.25, 0.3) is 0 Å². The van der Waals surface area contributed by atoms with Crippen molar-refractivity contribution in [3.8, 4) is 0 Å². The van der Waals surface area contributed by atoms with E-state index in [-0.39, 0.29) is 12.5 Å². The van der Waals surface area contributed by atoms with Gasteiger partial charge < -0.3 is 15.5 Å². The summed E-state index contributed by atoms with van der Waals surface area (Å²) in [6, 6.07) is -0.611. The maximum Gasteiger partial charge on any atom is 0.220 e. The number of nitrogens with one attached hydrogen (secondary N) is 1. The molecule has 0 aliphatic heterocycles. The zero-order chi connectivity index (χ0) is 24.4. The third-order valence-electron chi connectivity index (χ3n) is 6.52. The Morgan fingerprint density at radius 1 is 0.697 bits per heavy atom. The topological polar surface area (TPSA) is 69.6 Å². The first kappa shape index (κ1) is 32.1. The second-order valence-electron chi connectivity index (χ2n) is 9.82. The van der Waals surface area contributed by atoms with Crippen LogP contribution < -0.4 is 5.32 Å².